The number of aromatic nitrogens is 1. The summed E-state index contributed by atoms with van der Waals surface area (Å²) in [6, 6.07) is 8.61. The van der Waals surface area contributed by atoms with Crippen LogP contribution in [0, 0.1) is 0 Å². The number of amides is 1. The molecule has 1 heterocycles. The van der Waals surface area contributed by atoms with Crippen molar-refractivity contribution in [2.24, 2.45) is 5.10 Å². The third-order valence-electron chi connectivity index (χ3n) is 3.57. The molecule has 0 atom stereocenters. The first-order chi connectivity index (χ1) is 13.3. The van der Waals surface area contributed by atoms with Crippen molar-refractivity contribution in [2.45, 2.75) is 32.5 Å². The quantitative estimate of drug-likeness (QED) is 0.589. The summed E-state index contributed by atoms with van der Waals surface area (Å²) in [5, 5.41) is 3.79. The van der Waals surface area contributed by atoms with Crippen LogP contribution >= 0.6 is 0 Å². The van der Waals surface area contributed by atoms with Crippen molar-refractivity contribution < 1.29 is 22.7 Å². The van der Waals surface area contributed by atoms with Gasteiger partial charge in [-0.25, -0.2) is 15.2 Å². The van der Waals surface area contributed by atoms with Crippen molar-refractivity contribution in [3.63, 3.8) is 0 Å². The third-order valence-corrected chi connectivity index (χ3v) is 3.57. The van der Waals surface area contributed by atoms with Crippen LogP contribution in [-0.4, -0.2) is 37.0 Å². The van der Waals surface area contributed by atoms with Gasteiger partial charge in [0.2, 0.25) is 0 Å². The predicted molar refractivity (Wildman–Crippen MR) is 106 cm³/mol. The molecule has 0 aliphatic heterocycles. The van der Waals surface area contributed by atoms with Crippen LogP contribution < -0.4 is 10.3 Å². The van der Waals surface area contributed by atoms with E-state index >= 15 is 0 Å². The third kappa shape index (κ3) is 6.78. The molecular formula is C20H23F3N4O2. The van der Waals surface area contributed by atoms with Gasteiger partial charge in [-0.3, -0.25) is 0 Å². The number of benzene rings is 1. The van der Waals surface area contributed by atoms with Gasteiger partial charge in [0.25, 0.3) is 0 Å². The number of hydrogen-bond donors (Lipinski definition) is 1. The number of nitrogens with zero attached hydrogens (tertiary/aromatic N) is 3. The Morgan fingerprint density at radius 2 is 1.76 bits per heavy atom. The largest absolute Gasteiger partial charge is 0.443 e. The second kappa shape index (κ2) is 8.50. The molecule has 9 heteroatoms. The van der Waals surface area contributed by atoms with Crippen LogP contribution in [0.2, 0.25) is 0 Å². The maximum Gasteiger partial charge on any atom is 0.428 e. The van der Waals surface area contributed by atoms with E-state index in [1.165, 1.54) is 11.1 Å². The number of halogens is 3. The van der Waals surface area contributed by atoms with E-state index in [-0.39, 0.29) is 11.5 Å². The molecule has 0 fully saturated rings. The van der Waals surface area contributed by atoms with Crippen molar-refractivity contribution >= 4 is 18.1 Å². The van der Waals surface area contributed by atoms with Gasteiger partial charge in [-0.05, 0) is 38.5 Å². The van der Waals surface area contributed by atoms with Gasteiger partial charge in [0.1, 0.15) is 11.4 Å². The lowest BCUT2D eigenvalue weighted by atomic mass is 10.1. The fraction of sp³-hybridized carbons (Fsp3) is 0.350. The molecule has 1 aromatic heterocycles. The van der Waals surface area contributed by atoms with Crippen molar-refractivity contribution in [1.82, 2.24) is 10.4 Å². The van der Waals surface area contributed by atoms with E-state index in [0.29, 0.717) is 11.1 Å². The monoisotopic (exact) mass is 408 g/mol. The molecule has 0 aliphatic carbocycles. The molecule has 29 heavy (non-hydrogen) atoms. The topological polar surface area (TPSA) is 66.8 Å². The predicted octanol–water partition coefficient (Wildman–Crippen LogP) is 4.69. The molecule has 0 unspecified atom stereocenters. The van der Waals surface area contributed by atoms with E-state index in [4.69, 9.17) is 4.74 Å². The molecule has 156 valence electrons. The number of pyridine rings is 1. The number of carbonyl (C=O) groups excluding carboxylic acids is 1. The molecule has 0 saturated carbocycles. The maximum absolute atomic E-state index is 13.2. The highest BCUT2D eigenvalue weighted by Gasteiger charge is 2.32. The molecule has 2 rings (SSSR count). The summed E-state index contributed by atoms with van der Waals surface area (Å²) in [5.41, 5.74) is 2.22. The fourth-order valence-electron chi connectivity index (χ4n) is 2.26. The summed E-state index contributed by atoms with van der Waals surface area (Å²) in [6.07, 6.45) is -3.75. The number of carbonyl (C=O) groups is 1. The fourth-order valence-corrected chi connectivity index (χ4v) is 2.26. The SMILES string of the molecule is CN(C)c1cc(C(F)(F)F)cc(-c2ccc(/C=N/NC(=O)OC(C)(C)C)cc2)n1. The molecule has 0 bridgehead atoms. The molecule has 6 nitrogen and oxygen atoms in total. The zero-order valence-electron chi connectivity index (χ0n) is 16.8. The highest BCUT2D eigenvalue weighted by atomic mass is 19.4. The number of ether oxygens (including phenoxy) is 1. The van der Waals surface area contributed by atoms with Crippen LogP contribution in [0.1, 0.15) is 31.9 Å². The molecule has 0 radical (unpaired) electrons. The molecule has 0 spiro atoms. The summed E-state index contributed by atoms with van der Waals surface area (Å²) in [5.74, 6) is 0.210. The Morgan fingerprint density at radius 1 is 1.14 bits per heavy atom. The summed E-state index contributed by atoms with van der Waals surface area (Å²) < 4.78 is 44.6. The number of hydrogen-bond acceptors (Lipinski definition) is 5. The standard InChI is InChI=1S/C20H23F3N4O2/c1-19(2,3)29-18(28)26-24-12-13-6-8-14(9-7-13)16-10-15(20(21,22)23)11-17(25-16)27(4)5/h6-12H,1-5H3,(H,26,28)/b24-12+. The Labute approximate surface area is 167 Å². The normalized spacial score (nSPS) is 12.1. The number of alkyl halides is 3. The Morgan fingerprint density at radius 3 is 2.28 bits per heavy atom. The van der Waals surface area contributed by atoms with Crippen LogP contribution in [0.4, 0.5) is 23.8 Å². The molecular weight excluding hydrogens is 385 g/mol. The van der Waals surface area contributed by atoms with Gasteiger partial charge in [0.15, 0.2) is 0 Å². The minimum atomic E-state index is -4.47. The molecule has 1 N–H and O–H groups in total. The Kier molecular flexibility index (Phi) is 6.51. The van der Waals surface area contributed by atoms with Gasteiger partial charge < -0.3 is 9.64 Å². The highest BCUT2D eigenvalue weighted by Crippen LogP contribution is 2.33. The average Bonchev–Trinajstić information content (AvgIpc) is 2.59. The zero-order valence-corrected chi connectivity index (χ0v) is 16.8. The molecule has 0 saturated heterocycles. The van der Waals surface area contributed by atoms with Gasteiger partial charge in [0.05, 0.1) is 17.5 Å². The second-order valence-electron chi connectivity index (χ2n) is 7.49. The molecule has 0 aliphatic rings. The second-order valence-corrected chi connectivity index (χ2v) is 7.49. The van der Waals surface area contributed by atoms with E-state index in [1.807, 2.05) is 0 Å². The van der Waals surface area contributed by atoms with Gasteiger partial charge in [-0.1, -0.05) is 24.3 Å². The number of hydrazone groups is 1. The zero-order chi connectivity index (χ0) is 21.8. The minimum absolute atomic E-state index is 0.207. The number of nitrogens with one attached hydrogen (secondary N) is 1. The van der Waals surface area contributed by atoms with E-state index in [1.54, 1.807) is 59.1 Å². The van der Waals surface area contributed by atoms with Crippen molar-refractivity contribution in [3.8, 4) is 11.3 Å². The number of anilines is 1. The summed E-state index contributed by atoms with van der Waals surface area (Å²) in [4.78, 5) is 17.3. The van der Waals surface area contributed by atoms with Crippen molar-refractivity contribution in [1.29, 1.82) is 0 Å². The van der Waals surface area contributed by atoms with Gasteiger partial charge >= 0.3 is 12.3 Å². The van der Waals surface area contributed by atoms with E-state index in [9.17, 15) is 18.0 Å². The average molecular weight is 408 g/mol. The van der Waals surface area contributed by atoms with Crippen LogP contribution in [-0.2, 0) is 10.9 Å². The lowest BCUT2D eigenvalue weighted by Crippen LogP contribution is -2.29. The number of rotatable bonds is 4. The van der Waals surface area contributed by atoms with Gasteiger partial charge in [-0.15, -0.1) is 0 Å². The first kappa shape index (κ1) is 22.2. The first-order valence-electron chi connectivity index (χ1n) is 8.74. The summed E-state index contributed by atoms with van der Waals surface area (Å²) in [6.45, 7) is 5.20. The Hall–Kier alpha value is -3.10. The van der Waals surface area contributed by atoms with Crippen LogP contribution in [0.3, 0.4) is 0 Å². The lowest BCUT2D eigenvalue weighted by molar-refractivity contribution is -0.137. The molecule has 2 aromatic rings. The van der Waals surface area contributed by atoms with Crippen LogP contribution in [0.15, 0.2) is 41.5 Å². The van der Waals surface area contributed by atoms with E-state index < -0.39 is 23.4 Å². The smallest absolute Gasteiger partial charge is 0.428 e. The highest BCUT2D eigenvalue weighted by molar-refractivity contribution is 5.82. The van der Waals surface area contributed by atoms with E-state index in [2.05, 4.69) is 15.5 Å². The molecule has 1 amide bonds. The Bertz CT molecular complexity index is 886. The summed E-state index contributed by atoms with van der Waals surface area (Å²) in [7, 11) is 3.26. The maximum atomic E-state index is 13.2. The van der Waals surface area contributed by atoms with Gasteiger partial charge in [0, 0.05) is 19.7 Å². The van der Waals surface area contributed by atoms with Crippen molar-refractivity contribution in [2.75, 3.05) is 19.0 Å². The van der Waals surface area contributed by atoms with Crippen molar-refractivity contribution in [3.05, 3.63) is 47.5 Å². The lowest BCUT2D eigenvalue weighted by Gasteiger charge is -2.18. The summed E-state index contributed by atoms with van der Waals surface area (Å²) >= 11 is 0. The minimum Gasteiger partial charge on any atom is -0.443 e. The van der Waals surface area contributed by atoms with Crippen LogP contribution in [0.5, 0.6) is 0 Å². The molecule has 1 aromatic carbocycles. The van der Waals surface area contributed by atoms with E-state index in [0.717, 1.165) is 12.1 Å². The van der Waals surface area contributed by atoms with Gasteiger partial charge in [-0.2, -0.15) is 18.3 Å². The first-order valence-corrected chi connectivity index (χ1v) is 8.74. The van der Waals surface area contributed by atoms with Crippen LogP contribution in [0.25, 0.3) is 11.3 Å². The Balaban J connectivity index is 2.19.